The number of ether oxygens (including phenoxy) is 1. The summed E-state index contributed by atoms with van der Waals surface area (Å²) in [6.07, 6.45) is 3.13. The first kappa shape index (κ1) is 18.8. The summed E-state index contributed by atoms with van der Waals surface area (Å²) >= 11 is 1.98. The van der Waals surface area contributed by atoms with Crippen LogP contribution in [0.3, 0.4) is 0 Å². The van der Waals surface area contributed by atoms with Gasteiger partial charge >= 0.3 is 5.97 Å². The number of carbonyl (C=O) groups excluding carboxylic acids is 1. The van der Waals surface area contributed by atoms with Crippen molar-refractivity contribution < 1.29 is 9.53 Å². The fourth-order valence-corrected chi connectivity index (χ4v) is 3.24. The molecule has 0 heterocycles. The maximum atomic E-state index is 11.9. The maximum absolute atomic E-state index is 11.9. The van der Waals surface area contributed by atoms with E-state index in [-0.39, 0.29) is 12.0 Å². The maximum Gasteiger partial charge on any atom is 0.325 e. The molecule has 0 aliphatic rings. The van der Waals surface area contributed by atoms with Gasteiger partial charge in [0.05, 0.1) is 7.11 Å². The molecule has 0 aromatic heterocycles. The van der Waals surface area contributed by atoms with Gasteiger partial charge in [-0.15, -0.1) is 0 Å². The van der Waals surface area contributed by atoms with Crippen molar-refractivity contribution in [2.75, 3.05) is 18.6 Å². The van der Waals surface area contributed by atoms with Gasteiger partial charge in [-0.3, -0.25) is 10.1 Å². The van der Waals surface area contributed by atoms with Crippen molar-refractivity contribution in [2.24, 2.45) is 5.92 Å². The van der Waals surface area contributed by atoms with Crippen LogP contribution < -0.4 is 5.32 Å². The van der Waals surface area contributed by atoms with E-state index < -0.39 is 5.54 Å². The second-order valence-electron chi connectivity index (χ2n) is 6.02. The van der Waals surface area contributed by atoms with Crippen LogP contribution in [0, 0.1) is 5.92 Å². The molecule has 4 heteroatoms. The number of hydrogen-bond acceptors (Lipinski definition) is 4. The summed E-state index contributed by atoms with van der Waals surface area (Å²) in [6.45, 7) is 10.6. The first-order valence-electron chi connectivity index (χ1n) is 7.25. The van der Waals surface area contributed by atoms with Gasteiger partial charge in [-0.1, -0.05) is 13.8 Å². The van der Waals surface area contributed by atoms with E-state index in [4.69, 9.17) is 4.74 Å². The molecule has 1 atom stereocenters. The highest BCUT2D eigenvalue weighted by molar-refractivity contribution is 7.99. The third-order valence-corrected chi connectivity index (χ3v) is 4.15. The monoisotopic (exact) mass is 289 g/mol. The molecule has 0 aromatic rings. The highest BCUT2D eigenvalue weighted by Crippen LogP contribution is 2.18. The van der Waals surface area contributed by atoms with Crippen molar-refractivity contribution in [3.8, 4) is 0 Å². The zero-order valence-corrected chi connectivity index (χ0v) is 14.2. The molecule has 0 aliphatic carbocycles. The lowest BCUT2D eigenvalue weighted by molar-refractivity contribution is -0.148. The molecule has 1 unspecified atom stereocenters. The van der Waals surface area contributed by atoms with E-state index in [0.29, 0.717) is 0 Å². The number of rotatable bonds is 10. The summed E-state index contributed by atoms with van der Waals surface area (Å²) in [6, 6.07) is 0.276. The van der Waals surface area contributed by atoms with Crippen LogP contribution in [0.4, 0.5) is 0 Å². The molecular formula is C15H31NO2S. The fourth-order valence-electron chi connectivity index (χ4n) is 2.04. The number of hydrogen-bond donors (Lipinski definition) is 1. The molecule has 1 N–H and O–H groups in total. The zero-order chi connectivity index (χ0) is 14.9. The van der Waals surface area contributed by atoms with Crippen LogP contribution in [-0.4, -0.2) is 36.2 Å². The Morgan fingerprint density at radius 2 is 1.89 bits per heavy atom. The van der Waals surface area contributed by atoms with E-state index in [1.165, 1.54) is 19.3 Å². The summed E-state index contributed by atoms with van der Waals surface area (Å²) in [5.41, 5.74) is -0.554. The molecule has 0 rings (SSSR count). The molecule has 19 heavy (non-hydrogen) atoms. The smallest absolute Gasteiger partial charge is 0.325 e. The summed E-state index contributed by atoms with van der Waals surface area (Å²) in [5.74, 6) is 2.94. The molecule has 0 aromatic carbocycles. The molecule has 0 bridgehead atoms. The third kappa shape index (κ3) is 8.53. The molecule has 0 spiro atoms. The average molecular weight is 289 g/mol. The molecule has 0 saturated carbocycles. The van der Waals surface area contributed by atoms with Gasteiger partial charge < -0.3 is 4.74 Å². The van der Waals surface area contributed by atoms with Crippen molar-refractivity contribution in [3.63, 3.8) is 0 Å². The number of esters is 1. The van der Waals surface area contributed by atoms with Crippen LogP contribution in [-0.2, 0) is 9.53 Å². The minimum absolute atomic E-state index is 0.159. The molecule has 0 fully saturated rings. The van der Waals surface area contributed by atoms with E-state index in [1.54, 1.807) is 0 Å². The fraction of sp³-hybridized carbons (Fsp3) is 0.933. The Morgan fingerprint density at radius 3 is 2.37 bits per heavy atom. The van der Waals surface area contributed by atoms with Gasteiger partial charge in [0, 0.05) is 6.04 Å². The van der Waals surface area contributed by atoms with Crippen LogP contribution in [0.5, 0.6) is 0 Å². The van der Waals surface area contributed by atoms with Crippen LogP contribution in [0.15, 0.2) is 0 Å². The third-order valence-electron chi connectivity index (χ3n) is 3.05. The summed E-state index contributed by atoms with van der Waals surface area (Å²) < 4.78 is 4.92. The molecule has 0 amide bonds. The predicted octanol–water partition coefficient (Wildman–Crippen LogP) is 3.48. The summed E-state index contributed by atoms with van der Waals surface area (Å²) in [5, 5.41) is 3.33. The lowest BCUT2D eigenvalue weighted by Crippen LogP contribution is -2.53. The van der Waals surface area contributed by atoms with Crippen molar-refractivity contribution in [1.29, 1.82) is 0 Å². The predicted molar refractivity (Wildman–Crippen MR) is 84.7 cm³/mol. The first-order valence-corrected chi connectivity index (χ1v) is 8.41. The standard InChI is InChI=1S/C15H31NO2S/c1-12(2)8-11-19-10-7-9-15(5,14(17)18-6)16-13(3)4/h12-13,16H,7-11H2,1-6H3. The molecule has 0 saturated heterocycles. The minimum atomic E-state index is -0.554. The van der Waals surface area contributed by atoms with Crippen LogP contribution in [0.2, 0.25) is 0 Å². The topological polar surface area (TPSA) is 38.3 Å². The normalized spacial score (nSPS) is 14.7. The van der Waals surface area contributed by atoms with Crippen molar-refractivity contribution in [1.82, 2.24) is 5.32 Å². The highest BCUT2D eigenvalue weighted by Gasteiger charge is 2.33. The van der Waals surface area contributed by atoms with Gasteiger partial charge in [-0.25, -0.2) is 0 Å². The van der Waals surface area contributed by atoms with Crippen molar-refractivity contribution in [3.05, 3.63) is 0 Å². The largest absolute Gasteiger partial charge is 0.468 e. The molecule has 114 valence electrons. The van der Waals surface area contributed by atoms with E-state index >= 15 is 0 Å². The van der Waals surface area contributed by atoms with Gasteiger partial charge in [-0.2, -0.15) is 11.8 Å². The molecule has 0 aliphatic heterocycles. The Labute approximate surface area is 123 Å². The molecule has 3 nitrogen and oxygen atoms in total. The highest BCUT2D eigenvalue weighted by atomic mass is 32.2. The summed E-state index contributed by atoms with van der Waals surface area (Å²) in [7, 11) is 1.46. The van der Waals surface area contributed by atoms with Gasteiger partial charge in [0.15, 0.2) is 0 Å². The Morgan fingerprint density at radius 1 is 1.26 bits per heavy atom. The van der Waals surface area contributed by atoms with Crippen LogP contribution in [0.1, 0.15) is 53.9 Å². The number of nitrogens with one attached hydrogen (secondary N) is 1. The first-order chi connectivity index (χ1) is 8.81. The van der Waals surface area contributed by atoms with E-state index in [9.17, 15) is 4.79 Å². The van der Waals surface area contributed by atoms with Gasteiger partial charge in [-0.05, 0) is 57.5 Å². The van der Waals surface area contributed by atoms with Gasteiger partial charge in [0.25, 0.3) is 0 Å². The Kier molecular flexibility index (Phi) is 9.54. The van der Waals surface area contributed by atoms with E-state index in [1.807, 2.05) is 18.7 Å². The Hall–Kier alpha value is -0.220. The molecular weight excluding hydrogens is 258 g/mol. The quantitative estimate of drug-likeness (QED) is 0.493. The van der Waals surface area contributed by atoms with Crippen molar-refractivity contribution in [2.45, 2.75) is 65.5 Å². The van der Waals surface area contributed by atoms with E-state index in [0.717, 1.165) is 24.5 Å². The van der Waals surface area contributed by atoms with Crippen molar-refractivity contribution >= 4 is 17.7 Å². The Balaban J connectivity index is 4.03. The van der Waals surface area contributed by atoms with Gasteiger partial charge in [0.1, 0.15) is 5.54 Å². The zero-order valence-electron chi connectivity index (χ0n) is 13.4. The van der Waals surface area contributed by atoms with E-state index in [2.05, 4.69) is 33.0 Å². The SMILES string of the molecule is COC(=O)C(C)(CCCSCCC(C)C)NC(C)C. The summed E-state index contributed by atoms with van der Waals surface area (Å²) in [4.78, 5) is 11.9. The number of methoxy groups -OCH3 is 1. The molecule has 0 radical (unpaired) electrons. The second kappa shape index (κ2) is 9.65. The number of carbonyl (C=O) groups is 1. The number of thioether (sulfide) groups is 1. The average Bonchev–Trinajstić information content (AvgIpc) is 2.31. The van der Waals surface area contributed by atoms with Crippen LogP contribution in [0.25, 0.3) is 0 Å². The van der Waals surface area contributed by atoms with Gasteiger partial charge in [0.2, 0.25) is 0 Å². The minimum Gasteiger partial charge on any atom is -0.468 e. The van der Waals surface area contributed by atoms with Crippen LogP contribution >= 0.6 is 11.8 Å². The lowest BCUT2D eigenvalue weighted by Gasteiger charge is -2.30. The second-order valence-corrected chi connectivity index (χ2v) is 7.25. The lowest BCUT2D eigenvalue weighted by atomic mass is 9.95. The Bertz CT molecular complexity index is 257.